The predicted molar refractivity (Wildman–Crippen MR) is 119 cm³/mol. The molecule has 6 nitrogen and oxygen atoms in total. The molecule has 0 aliphatic carbocycles. The fraction of sp³-hybridized carbons (Fsp3) is 0.476. The van der Waals surface area contributed by atoms with Gasteiger partial charge in [0.2, 0.25) is 5.91 Å². The van der Waals surface area contributed by atoms with E-state index in [0.717, 1.165) is 49.1 Å². The molecule has 1 amide bonds. The lowest BCUT2D eigenvalue weighted by molar-refractivity contribution is -0.117. The lowest BCUT2D eigenvalue weighted by Gasteiger charge is -2.35. The van der Waals surface area contributed by atoms with Crippen molar-refractivity contribution in [2.75, 3.05) is 42.9 Å². The molecule has 2 heterocycles. The first kappa shape index (κ1) is 21.8. The maximum absolute atomic E-state index is 12.5. The number of aromatic nitrogens is 2. The second-order valence-corrected chi connectivity index (χ2v) is 8.53. The molecule has 0 bridgehead atoms. The van der Waals surface area contributed by atoms with E-state index in [1.54, 1.807) is 6.07 Å². The van der Waals surface area contributed by atoms with Crippen LogP contribution in [0.5, 0.6) is 0 Å². The highest BCUT2D eigenvalue weighted by Crippen LogP contribution is 2.32. The molecule has 1 aromatic carbocycles. The molecule has 0 saturated carbocycles. The summed E-state index contributed by atoms with van der Waals surface area (Å²) in [5.41, 5.74) is 2.34. The Kier molecular flexibility index (Phi) is 6.98. The summed E-state index contributed by atoms with van der Waals surface area (Å²) in [6.07, 6.45) is 0. The molecule has 8 heteroatoms. The lowest BCUT2D eigenvalue weighted by Crippen LogP contribution is -2.49. The molecule has 0 atom stereocenters. The average molecular weight is 436 g/mol. The van der Waals surface area contributed by atoms with Crippen LogP contribution >= 0.6 is 23.2 Å². The first-order chi connectivity index (χ1) is 13.7. The van der Waals surface area contributed by atoms with E-state index in [9.17, 15) is 4.79 Å². The van der Waals surface area contributed by atoms with Gasteiger partial charge in [0.25, 0.3) is 0 Å². The highest BCUT2D eigenvalue weighted by atomic mass is 35.5. The van der Waals surface area contributed by atoms with Gasteiger partial charge < -0.3 is 10.2 Å². The molecule has 1 aliphatic heterocycles. The van der Waals surface area contributed by atoms with Gasteiger partial charge in [-0.25, -0.2) is 9.97 Å². The fourth-order valence-corrected chi connectivity index (χ4v) is 3.75. The summed E-state index contributed by atoms with van der Waals surface area (Å²) < 4.78 is 0. The van der Waals surface area contributed by atoms with Crippen molar-refractivity contribution in [1.29, 1.82) is 0 Å². The number of nitrogens with zero attached hydrogens (tertiary/aromatic N) is 4. The number of anilines is 2. The molecule has 1 N–H and O–H groups in total. The smallest absolute Gasteiger partial charge is 0.238 e. The zero-order valence-corrected chi connectivity index (χ0v) is 18.8. The van der Waals surface area contributed by atoms with Crippen molar-refractivity contribution in [3.8, 4) is 0 Å². The van der Waals surface area contributed by atoms with Crippen LogP contribution in [-0.2, 0) is 4.79 Å². The Morgan fingerprint density at radius 2 is 1.83 bits per heavy atom. The van der Waals surface area contributed by atoms with Crippen molar-refractivity contribution in [3.63, 3.8) is 0 Å². The van der Waals surface area contributed by atoms with Crippen molar-refractivity contribution in [3.05, 3.63) is 45.3 Å². The van der Waals surface area contributed by atoms with Gasteiger partial charge in [0, 0.05) is 43.9 Å². The second kappa shape index (κ2) is 9.28. The van der Waals surface area contributed by atoms with Crippen LogP contribution in [0.15, 0.2) is 18.2 Å². The normalized spacial score (nSPS) is 15.1. The van der Waals surface area contributed by atoms with E-state index in [1.165, 1.54) is 0 Å². The van der Waals surface area contributed by atoms with E-state index in [4.69, 9.17) is 28.2 Å². The van der Waals surface area contributed by atoms with Crippen LogP contribution in [0, 0.1) is 13.8 Å². The van der Waals surface area contributed by atoms with Gasteiger partial charge in [0.1, 0.15) is 11.6 Å². The van der Waals surface area contributed by atoms with Gasteiger partial charge in [-0.1, -0.05) is 43.1 Å². The average Bonchev–Trinajstić information content (AvgIpc) is 2.68. The van der Waals surface area contributed by atoms with Crippen molar-refractivity contribution < 1.29 is 4.79 Å². The van der Waals surface area contributed by atoms with Gasteiger partial charge in [-0.15, -0.1) is 0 Å². The van der Waals surface area contributed by atoms with Crippen LogP contribution in [0.1, 0.15) is 36.8 Å². The maximum atomic E-state index is 12.5. The van der Waals surface area contributed by atoms with E-state index in [1.807, 2.05) is 26.0 Å². The molecule has 2 aromatic rings. The van der Waals surface area contributed by atoms with Gasteiger partial charge in [0.15, 0.2) is 0 Å². The fourth-order valence-electron chi connectivity index (χ4n) is 3.28. The molecule has 29 heavy (non-hydrogen) atoms. The van der Waals surface area contributed by atoms with Crippen molar-refractivity contribution in [1.82, 2.24) is 14.9 Å². The van der Waals surface area contributed by atoms with Gasteiger partial charge in [-0.05, 0) is 25.5 Å². The van der Waals surface area contributed by atoms with Gasteiger partial charge in [-0.3, -0.25) is 9.69 Å². The summed E-state index contributed by atoms with van der Waals surface area (Å²) in [5, 5.41) is 3.78. The molecule has 0 spiro atoms. The number of carbonyl (C=O) groups is 1. The summed E-state index contributed by atoms with van der Waals surface area (Å²) in [7, 11) is 0. The van der Waals surface area contributed by atoms with E-state index in [-0.39, 0.29) is 5.91 Å². The minimum absolute atomic E-state index is 0.118. The summed E-state index contributed by atoms with van der Waals surface area (Å²) in [4.78, 5) is 26.1. The number of hydrogen-bond acceptors (Lipinski definition) is 5. The molecular formula is C21H27Cl2N5O. The Hall–Kier alpha value is -1.89. The minimum atomic E-state index is -0.118. The number of benzene rings is 1. The molecule has 156 valence electrons. The molecule has 1 aliphatic rings. The SMILES string of the molecule is Cc1cc(N2CCN(CC(=O)Nc3c(Cl)ccc(C)c3Cl)CC2)nc(C(C)C)n1. The van der Waals surface area contributed by atoms with Crippen LogP contribution in [0.3, 0.4) is 0 Å². The van der Waals surface area contributed by atoms with E-state index in [2.05, 4.69) is 33.9 Å². The van der Waals surface area contributed by atoms with Gasteiger partial charge in [-0.2, -0.15) is 0 Å². The highest BCUT2D eigenvalue weighted by molar-refractivity contribution is 6.40. The third-order valence-electron chi connectivity index (χ3n) is 4.99. The second-order valence-electron chi connectivity index (χ2n) is 7.75. The Morgan fingerprint density at radius 1 is 1.14 bits per heavy atom. The number of halogens is 2. The third-order valence-corrected chi connectivity index (χ3v) is 5.79. The number of nitrogens with one attached hydrogen (secondary N) is 1. The molecular weight excluding hydrogens is 409 g/mol. The van der Waals surface area contributed by atoms with E-state index < -0.39 is 0 Å². The Labute approximate surface area is 182 Å². The standard InChI is InChI=1S/C21H27Cl2N5O/c1-13(2)21-24-15(4)11-17(25-21)28-9-7-27(8-10-28)12-18(29)26-20-16(22)6-5-14(3)19(20)23/h5-6,11,13H,7-10,12H2,1-4H3,(H,26,29). The number of amides is 1. The summed E-state index contributed by atoms with van der Waals surface area (Å²) in [6, 6.07) is 5.60. The predicted octanol–water partition coefficient (Wildman–Crippen LogP) is 4.28. The number of aryl methyl sites for hydroxylation is 2. The Balaban J connectivity index is 1.58. The quantitative estimate of drug-likeness (QED) is 0.758. The van der Waals surface area contributed by atoms with Crippen LogP contribution in [0.25, 0.3) is 0 Å². The van der Waals surface area contributed by atoms with Crippen molar-refractivity contribution in [2.24, 2.45) is 0 Å². The van der Waals surface area contributed by atoms with Gasteiger partial charge in [0.05, 0.1) is 22.3 Å². The summed E-state index contributed by atoms with van der Waals surface area (Å²) >= 11 is 12.5. The molecule has 1 saturated heterocycles. The summed E-state index contributed by atoms with van der Waals surface area (Å²) in [5.74, 6) is 2.00. The Morgan fingerprint density at radius 3 is 2.48 bits per heavy atom. The highest BCUT2D eigenvalue weighted by Gasteiger charge is 2.22. The van der Waals surface area contributed by atoms with E-state index in [0.29, 0.717) is 28.2 Å². The van der Waals surface area contributed by atoms with Crippen LogP contribution < -0.4 is 10.2 Å². The Bertz CT molecular complexity index is 895. The largest absolute Gasteiger partial charge is 0.354 e. The lowest BCUT2D eigenvalue weighted by atomic mass is 10.2. The molecule has 3 rings (SSSR count). The molecule has 0 radical (unpaired) electrons. The first-order valence-electron chi connectivity index (χ1n) is 9.82. The zero-order chi connectivity index (χ0) is 21.1. The summed E-state index contributed by atoms with van der Waals surface area (Å²) in [6.45, 7) is 11.6. The number of piperazine rings is 1. The van der Waals surface area contributed by atoms with Crippen molar-refractivity contribution >= 4 is 40.6 Å². The van der Waals surface area contributed by atoms with Crippen molar-refractivity contribution in [2.45, 2.75) is 33.6 Å². The number of hydrogen-bond donors (Lipinski definition) is 1. The van der Waals surface area contributed by atoms with Crippen LogP contribution in [0.4, 0.5) is 11.5 Å². The van der Waals surface area contributed by atoms with E-state index >= 15 is 0 Å². The molecule has 0 unspecified atom stereocenters. The number of rotatable bonds is 5. The molecule has 1 aromatic heterocycles. The van der Waals surface area contributed by atoms with Gasteiger partial charge >= 0.3 is 0 Å². The van der Waals surface area contributed by atoms with Crippen LogP contribution in [0.2, 0.25) is 10.0 Å². The molecule has 1 fully saturated rings. The zero-order valence-electron chi connectivity index (χ0n) is 17.3. The topological polar surface area (TPSA) is 61.4 Å². The maximum Gasteiger partial charge on any atom is 0.238 e. The van der Waals surface area contributed by atoms with Crippen LogP contribution in [-0.4, -0.2) is 53.5 Å². The third kappa shape index (κ3) is 5.38. The minimum Gasteiger partial charge on any atom is -0.354 e. The number of carbonyl (C=O) groups excluding carboxylic acids is 1. The monoisotopic (exact) mass is 435 g/mol. The first-order valence-corrected chi connectivity index (χ1v) is 10.6.